The van der Waals surface area contributed by atoms with Gasteiger partial charge in [0.25, 0.3) is 5.91 Å². The van der Waals surface area contributed by atoms with E-state index in [4.69, 9.17) is 5.73 Å². The highest BCUT2D eigenvalue weighted by atomic mass is 19.4. The van der Waals surface area contributed by atoms with Crippen LogP contribution < -0.4 is 11.2 Å². The van der Waals surface area contributed by atoms with E-state index in [1.54, 1.807) is 12.4 Å². The summed E-state index contributed by atoms with van der Waals surface area (Å²) in [5.41, 5.74) is 6.80. The van der Waals surface area contributed by atoms with Gasteiger partial charge >= 0.3 is 6.18 Å². The Balaban J connectivity index is 3.60. The summed E-state index contributed by atoms with van der Waals surface area (Å²) in [5, 5.41) is 0. The number of nitrogens with two attached hydrogens (primary N) is 1. The smallest absolute Gasteiger partial charge is 0.320 e. The number of alkyl halides is 3. The summed E-state index contributed by atoms with van der Waals surface area (Å²) in [4.78, 5) is 14.6. The van der Waals surface area contributed by atoms with Crippen molar-refractivity contribution in [3.05, 3.63) is 0 Å². The van der Waals surface area contributed by atoms with Crippen molar-refractivity contribution in [1.82, 2.24) is 5.48 Å². The molecule has 13 heavy (non-hydrogen) atoms. The first kappa shape index (κ1) is 12.2. The van der Waals surface area contributed by atoms with Crippen molar-refractivity contribution in [2.24, 2.45) is 5.73 Å². The van der Waals surface area contributed by atoms with Gasteiger partial charge in [-0.1, -0.05) is 6.92 Å². The molecule has 1 unspecified atom stereocenters. The van der Waals surface area contributed by atoms with Crippen molar-refractivity contribution >= 4 is 5.91 Å². The number of halogens is 3. The minimum Gasteiger partial charge on any atom is -0.320 e. The second-order valence-corrected chi connectivity index (χ2v) is 2.38. The van der Waals surface area contributed by atoms with Crippen molar-refractivity contribution in [2.45, 2.75) is 25.6 Å². The van der Waals surface area contributed by atoms with E-state index >= 15 is 0 Å². The molecule has 4 nitrogen and oxygen atoms in total. The van der Waals surface area contributed by atoms with Gasteiger partial charge in [-0.2, -0.15) is 13.2 Å². The van der Waals surface area contributed by atoms with Crippen LogP contribution in [0.3, 0.4) is 0 Å². The Morgan fingerprint density at radius 3 is 2.54 bits per heavy atom. The standard InChI is InChI=1S/C6H11F3N2O2/c1-2-4(10)5(12)11-13-3-6(7,8)9/h4H,2-3,10H2,1H3,(H,11,12). The summed E-state index contributed by atoms with van der Waals surface area (Å²) in [6, 6.07) is -0.840. The van der Waals surface area contributed by atoms with Gasteiger partial charge in [-0.05, 0) is 6.42 Å². The second-order valence-electron chi connectivity index (χ2n) is 2.38. The molecule has 0 aromatic carbocycles. The maximum atomic E-state index is 11.5. The summed E-state index contributed by atoms with van der Waals surface area (Å²) < 4.78 is 34.4. The Kier molecular flexibility index (Phi) is 4.71. The van der Waals surface area contributed by atoms with Crippen molar-refractivity contribution in [3.8, 4) is 0 Å². The Bertz CT molecular complexity index is 172. The van der Waals surface area contributed by atoms with Gasteiger partial charge < -0.3 is 5.73 Å². The van der Waals surface area contributed by atoms with E-state index in [-0.39, 0.29) is 0 Å². The zero-order valence-corrected chi connectivity index (χ0v) is 7.02. The van der Waals surface area contributed by atoms with Crippen LogP contribution in [-0.4, -0.2) is 24.7 Å². The summed E-state index contributed by atoms with van der Waals surface area (Å²) in [5.74, 6) is -0.758. The van der Waals surface area contributed by atoms with Gasteiger partial charge in [-0.15, -0.1) is 0 Å². The zero-order valence-electron chi connectivity index (χ0n) is 7.02. The van der Waals surface area contributed by atoms with Crippen molar-refractivity contribution in [1.29, 1.82) is 0 Å². The highest BCUT2D eigenvalue weighted by Gasteiger charge is 2.28. The first-order valence-corrected chi connectivity index (χ1v) is 3.60. The maximum Gasteiger partial charge on any atom is 0.414 e. The molecule has 3 N–H and O–H groups in total. The highest BCUT2D eigenvalue weighted by molar-refractivity contribution is 5.80. The molecule has 1 amide bonds. The Morgan fingerprint density at radius 2 is 2.15 bits per heavy atom. The quantitative estimate of drug-likeness (QED) is 0.643. The van der Waals surface area contributed by atoms with Crippen molar-refractivity contribution in [2.75, 3.05) is 6.61 Å². The lowest BCUT2D eigenvalue weighted by molar-refractivity contribution is -0.192. The zero-order chi connectivity index (χ0) is 10.5. The molecule has 0 spiro atoms. The molecular formula is C6H11F3N2O2. The van der Waals surface area contributed by atoms with E-state index < -0.39 is 24.7 Å². The molecule has 78 valence electrons. The lowest BCUT2D eigenvalue weighted by Gasteiger charge is -2.11. The lowest BCUT2D eigenvalue weighted by Crippen LogP contribution is -2.41. The summed E-state index contributed by atoms with van der Waals surface area (Å²) >= 11 is 0. The largest absolute Gasteiger partial charge is 0.414 e. The summed E-state index contributed by atoms with van der Waals surface area (Å²) in [6.07, 6.45) is -4.12. The first-order valence-electron chi connectivity index (χ1n) is 3.60. The average Bonchev–Trinajstić information content (AvgIpc) is 2.00. The number of hydrogen-bond acceptors (Lipinski definition) is 3. The Hall–Kier alpha value is -0.820. The van der Waals surface area contributed by atoms with Crippen LogP contribution in [-0.2, 0) is 9.63 Å². The number of rotatable bonds is 4. The van der Waals surface area contributed by atoms with Crippen LogP contribution in [0, 0.1) is 0 Å². The molecule has 0 aliphatic heterocycles. The minimum atomic E-state index is -4.45. The third-order valence-corrected chi connectivity index (χ3v) is 1.19. The molecule has 0 aliphatic carbocycles. The molecule has 0 aliphatic rings. The van der Waals surface area contributed by atoms with E-state index in [9.17, 15) is 18.0 Å². The molecule has 0 heterocycles. The van der Waals surface area contributed by atoms with Crippen LogP contribution in [0.4, 0.5) is 13.2 Å². The fourth-order valence-corrected chi connectivity index (χ4v) is 0.450. The lowest BCUT2D eigenvalue weighted by atomic mass is 10.2. The molecule has 1 atom stereocenters. The van der Waals surface area contributed by atoms with Crippen molar-refractivity contribution in [3.63, 3.8) is 0 Å². The van der Waals surface area contributed by atoms with Crippen LogP contribution >= 0.6 is 0 Å². The highest BCUT2D eigenvalue weighted by Crippen LogP contribution is 2.13. The fourth-order valence-electron chi connectivity index (χ4n) is 0.450. The van der Waals surface area contributed by atoms with Gasteiger partial charge in [-0.3, -0.25) is 9.63 Å². The number of carbonyl (C=O) groups is 1. The molecule has 0 fully saturated rings. The second kappa shape index (κ2) is 5.03. The van der Waals surface area contributed by atoms with Crippen LogP contribution in [0.15, 0.2) is 0 Å². The van der Waals surface area contributed by atoms with Crippen molar-refractivity contribution < 1.29 is 22.8 Å². The molecule has 0 saturated carbocycles. The molecule has 0 saturated heterocycles. The first-order chi connectivity index (χ1) is 5.87. The monoisotopic (exact) mass is 200 g/mol. The van der Waals surface area contributed by atoms with Gasteiger partial charge in [0, 0.05) is 0 Å². The van der Waals surface area contributed by atoms with Gasteiger partial charge in [0.1, 0.15) is 0 Å². The van der Waals surface area contributed by atoms with Crippen LogP contribution in [0.1, 0.15) is 13.3 Å². The molecule has 0 aromatic heterocycles. The SMILES string of the molecule is CCC(N)C(=O)NOCC(F)(F)F. The summed E-state index contributed by atoms with van der Waals surface area (Å²) in [7, 11) is 0. The number of hydrogen-bond donors (Lipinski definition) is 2. The predicted molar refractivity (Wildman–Crippen MR) is 38.4 cm³/mol. The fraction of sp³-hybridized carbons (Fsp3) is 0.833. The number of amides is 1. The van der Waals surface area contributed by atoms with Gasteiger partial charge in [0.15, 0.2) is 6.61 Å². The van der Waals surface area contributed by atoms with Gasteiger partial charge in [0.05, 0.1) is 6.04 Å². The molecule has 0 aromatic rings. The number of nitrogens with one attached hydrogen (secondary N) is 1. The molecule has 0 rings (SSSR count). The van der Waals surface area contributed by atoms with Gasteiger partial charge in [0.2, 0.25) is 0 Å². The van der Waals surface area contributed by atoms with E-state index in [1.807, 2.05) is 0 Å². The molecule has 0 radical (unpaired) electrons. The number of carbonyl (C=O) groups excluding carboxylic acids is 1. The maximum absolute atomic E-state index is 11.5. The van der Waals surface area contributed by atoms with Crippen LogP contribution in [0.25, 0.3) is 0 Å². The molecular weight excluding hydrogens is 189 g/mol. The Labute approximate surface area is 73.2 Å². The van der Waals surface area contributed by atoms with E-state index in [1.165, 1.54) is 0 Å². The third-order valence-electron chi connectivity index (χ3n) is 1.19. The minimum absolute atomic E-state index is 0.335. The Morgan fingerprint density at radius 1 is 1.62 bits per heavy atom. The average molecular weight is 200 g/mol. The normalized spacial score (nSPS) is 13.9. The third kappa shape index (κ3) is 6.35. The van der Waals surface area contributed by atoms with Crippen LogP contribution in [0.2, 0.25) is 0 Å². The number of hydroxylamine groups is 1. The topological polar surface area (TPSA) is 64.4 Å². The van der Waals surface area contributed by atoms with Crippen LogP contribution in [0.5, 0.6) is 0 Å². The van der Waals surface area contributed by atoms with E-state index in [0.29, 0.717) is 6.42 Å². The molecule has 7 heteroatoms. The molecule has 0 bridgehead atoms. The van der Waals surface area contributed by atoms with E-state index in [0.717, 1.165) is 0 Å². The van der Waals surface area contributed by atoms with E-state index in [2.05, 4.69) is 4.84 Å². The predicted octanol–water partition coefficient (Wildman–Crippen LogP) is 0.334. The summed E-state index contributed by atoms with van der Waals surface area (Å²) in [6.45, 7) is 0.114. The van der Waals surface area contributed by atoms with Gasteiger partial charge in [-0.25, -0.2) is 5.48 Å².